The average molecular weight is 213 g/mol. The molecule has 0 bridgehead atoms. The lowest BCUT2D eigenvalue weighted by molar-refractivity contribution is -0.644. The highest BCUT2D eigenvalue weighted by atomic mass is 35.5. The van der Waals surface area contributed by atoms with E-state index < -0.39 is 0 Å². The maximum atomic E-state index is 6.02. The van der Waals surface area contributed by atoms with Crippen molar-refractivity contribution in [1.29, 1.82) is 0 Å². The van der Waals surface area contributed by atoms with Crippen molar-refractivity contribution in [3.05, 3.63) is 40.5 Å². The fourth-order valence-corrected chi connectivity index (χ4v) is 1.73. The smallest absolute Gasteiger partial charge is 0.201 e. The fraction of sp³-hybridized carbons (Fsp3) is 0.100. The Balaban J connectivity index is 2.92. The summed E-state index contributed by atoms with van der Waals surface area (Å²) in [5.74, 6) is 0. The van der Waals surface area contributed by atoms with E-state index in [1.54, 1.807) is 0 Å². The van der Waals surface area contributed by atoms with Crippen molar-refractivity contribution in [2.24, 2.45) is 7.05 Å². The molecule has 1 aromatic heterocycles. The van der Waals surface area contributed by atoms with Crippen LogP contribution in [0.5, 0.6) is 0 Å². The quantitative estimate of drug-likeness (QED) is 0.592. The fourth-order valence-electron chi connectivity index (χ4n) is 1.35. The molecule has 66 valence electrons. The largest absolute Gasteiger partial charge is 0.215 e. The van der Waals surface area contributed by atoms with Crippen LogP contribution in [-0.2, 0) is 7.05 Å². The number of hydrogen-bond donors (Lipinski definition) is 0. The average Bonchev–Trinajstić information content (AvgIpc) is 2.12. The summed E-state index contributed by atoms with van der Waals surface area (Å²) in [4.78, 5) is 0. The molecule has 0 aliphatic rings. The first-order valence-electron chi connectivity index (χ1n) is 3.92. The number of pyridine rings is 1. The van der Waals surface area contributed by atoms with Gasteiger partial charge in [-0.05, 0) is 12.1 Å². The lowest BCUT2D eigenvalue weighted by Crippen LogP contribution is -2.27. The molecular weight excluding hydrogens is 205 g/mol. The SMILES string of the molecule is C[n+]1ccc(Cl)c2ccc(Cl)cc21. The molecule has 0 spiro atoms. The number of rotatable bonds is 0. The minimum atomic E-state index is 0.727. The van der Waals surface area contributed by atoms with Crippen LogP contribution in [0.2, 0.25) is 10.0 Å². The van der Waals surface area contributed by atoms with Gasteiger partial charge in [-0.1, -0.05) is 23.2 Å². The van der Waals surface area contributed by atoms with Gasteiger partial charge in [0.2, 0.25) is 5.52 Å². The molecule has 0 N–H and O–H groups in total. The van der Waals surface area contributed by atoms with E-state index in [0.29, 0.717) is 0 Å². The van der Waals surface area contributed by atoms with Crippen LogP contribution in [0.4, 0.5) is 0 Å². The van der Waals surface area contributed by atoms with Crippen molar-refractivity contribution in [3.8, 4) is 0 Å². The lowest BCUT2D eigenvalue weighted by Gasteiger charge is -1.98. The molecule has 0 saturated heterocycles. The number of halogens is 2. The molecule has 3 heteroatoms. The minimum absolute atomic E-state index is 0.727. The summed E-state index contributed by atoms with van der Waals surface area (Å²) in [6.07, 6.45) is 1.92. The van der Waals surface area contributed by atoms with Gasteiger partial charge in [0.25, 0.3) is 0 Å². The molecule has 0 aliphatic carbocycles. The van der Waals surface area contributed by atoms with Crippen LogP contribution in [0.3, 0.4) is 0 Å². The standard InChI is InChI=1S/C10H8Cl2N/c1-13-5-4-9(12)8-3-2-7(11)6-10(8)13/h2-6H,1H3/q+1. The van der Waals surface area contributed by atoms with Crippen molar-refractivity contribution in [2.45, 2.75) is 0 Å². The maximum Gasteiger partial charge on any atom is 0.215 e. The Morgan fingerprint density at radius 2 is 1.92 bits per heavy atom. The van der Waals surface area contributed by atoms with E-state index in [0.717, 1.165) is 20.9 Å². The molecule has 0 fully saturated rings. The highest BCUT2D eigenvalue weighted by Crippen LogP contribution is 2.22. The predicted octanol–water partition coefficient (Wildman–Crippen LogP) is 2.97. The summed E-state index contributed by atoms with van der Waals surface area (Å²) in [7, 11) is 1.97. The van der Waals surface area contributed by atoms with Gasteiger partial charge in [0.05, 0.1) is 10.4 Å². The highest BCUT2D eigenvalue weighted by Gasteiger charge is 2.07. The molecule has 0 amide bonds. The third kappa shape index (κ3) is 1.50. The topological polar surface area (TPSA) is 3.88 Å². The van der Waals surface area contributed by atoms with E-state index >= 15 is 0 Å². The zero-order chi connectivity index (χ0) is 9.42. The van der Waals surface area contributed by atoms with Crippen LogP contribution in [0, 0.1) is 0 Å². The normalized spacial score (nSPS) is 10.7. The molecule has 0 unspecified atom stereocenters. The molecule has 2 rings (SSSR count). The molecule has 13 heavy (non-hydrogen) atoms. The van der Waals surface area contributed by atoms with Gasteiger partial charge in [0.1, 0.15) is 7.05 Å². The predicted molar refractivity (Wildman–Crippen MR) is 55.1 cm³/mol. The zero-order valence-corrected chi connectivity index (χ0v) is 8.60. The Labute approximate surface area is 86.5 Å². The summed E-state index contributed by atoms with van der Waals surface area (Å²) in [5, 5.41) is 2.51. The number of aryl methyl sites for hydroxylation is 1. The first kappa shape index (κ1) is 8.79. The van der Waals surface area contributed by atoms with E-state index in [1.807, 2.05) is 42.1 Å². The van der Waals surface area contributed by atoms with Gasteiger partial charge in [0, 0.05) is 17.2 Å². The van der Waals surface area contributed by atoms with Gasteiger partial charge in [-0.25, -0.2) is 4.57 Å². The molecule has 0 radical (unpaired) electrons. The van der Waals surface area contributed by atoms with E-state index in [2.05, 4.69) is 0 Å². The minimum Gasteiger partial charge on any atom is -0.201 e. The lowest BCUT2D eigenvalue weighted by atomic mass is 10.2. The van der Waals surface area contributed by atoms with Crippen molar-refractivity contribution < 1.29 is 4.57 Å². The molecule has 0 atom stereocenters. The molecule has 0 aliphatic heterocycles. The van der Waals surface area contributed by atoms with Gasteiger partial charge >= 0.3 is 0 Å². The van der Waals surface area contributed by atoms with Gasteiger partial charge in [-0.3, -0.25) is 0 Å². The number of nitrogens with zero attached hydrogens (tertiary/aromatic N) is 1. The van der Waals surface area contributed by atoms with Crippen LogP contribution in [-0.4, -0.2) is 0 Å². The number of aromatic nitrogens is 1. The van der Waals surface area contributed by atoms with Crippen LogP contribution < -0.4 is 4.57 Å². The highest BCUT2D eigenvalue weighted by molar-refractivity contribution is 6.35. The summed E-state index contributed by atoms with van der Waals surface area (Å²) in [6, 6.07) is 7.55. The Morgan fingerprint density at radius 1 is 1.15 bits per heavy atom. The molecule has 2 aromatic rings. The van der Waals surface area contributed by atoms with E-state index in [4.69, 9.17) is 23.2 Å². The van der Waals surface area contributed by atoms with Crippen LogP contribution in [0.15, 0.2) is 30.5 Å². The third-order valence-electron chi connectivity index (χ3n) is 2.04. The van der Waals surface area contributed by atoms with Crippen molar-refractivity contribution in [1.82, 2.24) is 0 Å². The molecule has 1 heterocycles. The van der Waals surface area contributed by atoms with Crippen LogP contribution in [0.1, 0.15) is 0 Å². The van der Waals surface area contributed by atoms with E-state index in [9.17, 15) is 0 Å². The summed E-state index contributed by atoms with van der Waals surface area (Å²) in [5.41, 5.74) is 1.04. The second kappa shape index (κ2) is 3.17. The van der Waals surface area contributed by atoms with Gasteiger partial charge < -0.3 is 0 Å². The van der Waals surface area contributed by atoms with Gasteiger partial charge in [0.15, 0.2) is 6.20 Å². The van der Waals surface area contributed by atoms with E-state index in [1.165, 1.54) is 0 Å². The zero-order valence-electron chi connectivity index (χ0n) is 7.09. The van der Waals surface area contributed by atoms with Crippen molar-refractivity contribution in [3.63, 3.8) is 0 Å². The number of hydrogen-bond acceptors (Lipinski definition) is 0. The molecule has 1 aromatic carbocycles. The van der Waals surface area contributed by atoms with E-state index in [-0.39, 0.29) is 0 Å². The van der Waals surface area contributed by atoms with Crippen LogP contribution >= 0.6 is 23.2 Å². The van der Waals surface area contributed by atoms with Crippen molar-refractivity contribution >= 4 is 34.1 Å². The molecule has 0 saturated carbocycles. The second-order valence-corrected chi connectivity index (χ2v) is 3.78. The van der Waals surface area contributed by atoms with Gasteiger partial charge in [-0.2, -0.15) is 0 Å². The Morgan fingerprint density at radius 3 is 2.69 bits per heavy atom. The Bertz CT molecular complexity index is 466. The summed E-state index contributed by atoms with van der Waals surface area (Å²) < 4.78 is 1.99. The third-order valence-corrected chi connectivity index (χ3v) is 2.61. The monoisotopic (exact) mass is 212 g/mol. The number of benzene rings is 1. The summed E-state index contributed by atoms with van der Waals surface area (Å²) in [6.45, 7) is 0. The Hall–Kier alpha value is -0.790. The second-order valence-electron chi connectivity index (χ2n) is 2.94. The van der Waals surface area contributed by atoms with Crippen molar-refractivity contribution in [2.75, 3.05) is 0 Å². The maximum absolute atomic E-state index is 6.02. The first-order chi connectivity index (χ1) is 6.18. The van der Waals surface area contributed by atoms with Crippen LogP contribution in [0.25, 0.3) is 10.9 Å². The molecule has 1 nitrogen and oxygen atoms in total. The molecular formula is C10H8Cl2N+. The van der Waals surface area contributed by atoms with Gasteiger partial charge in [-0.15, -0.1) is 0 Å². The first-order valence-corrected chi connectivity index (χ1v) is 4.67. The summed E-state index contributed by atoms with van der Waals surface area (Å²) >= 11 is 11.9. The number of fused-ring (bicyclic) bond motifs is 1. The Kier molecular flexibility index (Phi) is 2.14.